The minimum absolute atomic E-state index is 0.109. The molecule has 1 fully saturated rings. The van der Waals surface area contributed by atoms with Crippen molar-refractivity contribution in [3.63, 3.8) is 0 Å². The Kier molecular flexibility index (Phi) is 5.83. The van der Waals surface area contributed by atoms with E-state index in [0.717, 1.165) is 25.0 Å². The van der Waals surface area contributed by atoms with Crippen LogP contribution in [0.15, 0.2) is 28.8 Å². The molecule has 1 aromatic carbocycles. The maximum Gasteiger partial charge on any atom is 0.242 e. The fraction of sp³-hybridized carbons (Fsp3) is 0.421. The number of nitrogens with one attached hydrogen (secondary N) is 1. The van der Waals surface area contributed by atoms with Gasteiger partial charge in [0.2, 0.25) is 11.8 Å². The molecule has 0 aliphatic carbocycles. The van der Waals surface area contributed by atoms with Crippen LogP contribution in [0.25, 0.3) is 11.3 Å². The van der Waals surface area contributed by atoms with Crippen LogP contribution in [0, 0.1) is 11.6 Å². The molecule has 1 aliphatic heterocycles. The molecular weight excluding hydrogens is 356 g/mol. The minimum atomic E-state index is -0.740. The number of hydrogen-bond acceptors (Lipinski definition) is 4. The molecule has 3 rings (SSSR count). The second kappa shape index (κ2) is 8.28. The number of benzene rings is 1. The van der Waals surface area contributed by atoms with Crippen LogP contribution >= 0.6 is 0 Å². The van der Waals surface area contributed by atoms with Crippen molar-refractivity contribution < 1.29 is 22.8 Å². The maximum atomic E-state index is 13.8. The third kappa shape index (κ3) is 4.32. The third-order valence-corrected chi connectivity index (χ3v) is 4.68. The molecule has 0 radical (unpaired) electrons. The zero-order valence-electron chi connectivity index (χ0n) is 15.0. The van der Waals surface area contributed by atoms with Crippen LogP contribution in [-0.2, 0) is 16.0 Å². The van der Waals surface area contributed by atoms with Crippen LogP contribution in [0.1, 0.15) is 31.6 Å². The van der Waals surface area contributed by atoms with E-state index < -0.39 is 17.7 Å². The van der Waals surface area contributed by atoms with Crippen LogP contribution < -0.4 is 5.32 Å². The molecule has 1 N–H and O–H groups in total. The summed E-state index contributed by atoms with van der Waals surface area (Å²) in [4.78, 5) is 30.2. The molecule has 27 heavy (non-hydrogen) atoms. The van der Waals surface area contributed by atoms with Gasteiger partial charge in [-0.1, -0.05) is 0 Å². The fourth-order valence-corrected chi connectivity index (χ4v) is 3.27. The van der Waals surface area contributed by atoms with Crippen LogP contribution in [0.2, 0.25) is 0 Å². The highest BCUT2D eigenvalue weighted by atomic mass is 19.1. The summed E-state index contributed by atoms with van der Waals surface area (Å²) >= 11 is 0. The molecule has 0 unspecified atom stereocenters. The van der Waals surface area contributed by atoms with Crippen molar-refractivity contribution in [1.82, 2.24) is 15.2 Å². The maximum absolute atomic E-state index is 13.8. The second-order valence-electron chi connectivity index (χ2n) is 6.46. The second-order valence-corrected chi connectivity index (χ2v) is 6.46. The summed E-state index contributed by atoms with van der Waals surface area (Å²) in [5, 5.41) is 2.60. The lowest BCUT2D eigenvalue weighted by molar-refractivity contribution is -0.142. The van der Waals surface area contributed by atoms with E-state index in [-0.39, 0.29) is 41.9 Å². The highest BCUT2D eigenvalue weighted by Gasteiger charge is 2.31. The topological polar surface area (TPSA) is 75.4 Å². The predicted octanol–water partition coefficient (Wildman–Crippen LogP) is 2.68. The van der Waals surface area contributed by atoms with E-state index in [4.69, 9.17) is 4.42 Å². The van der Waals surface area contributed by atoms with Crippen molar-refractivity contribution in [2.24, 2.45) is 0 Å². The fourth-order valence-electron chi connectivity index (χ4n) is 3.27. The van der Waals surface area contributed by atoms with Crippen molar-refractivity contribution in [2.75, 3.05) is 13.6 Å². The number of likely N-dealkylation sites (tertiary alicyclic amines) is 1. The van der Waals surface area contributed by atoms with Gasteiger partial charge in [0.05, 0.1) is 11.8 Å². The average molecular weight is 377 g/mol. The molecule has 0 spiro atoms. The van der Waals surface area contributed by atoms with Crippen molar-refractivity contribution in [1.29, 1.82) is 0 Å². The van der Waals surface area contributed by atoms with Gasteiger partial charge in [0, 0.05) is 32.5 Å². The lowest BCUT2D eigenvalue weighted by atomic mass is 10.0. The Morgan fingerprint density at radius 1 is 1.33 bits per heavy atom. The van der Waals surface area contributed by atoms with Gasteiger partial charge in [-0.25, -0.2) is 13.8 Å². The highest BCUT2D eigenvalue weighted by Crippen LogP contribution is 2.25. The zero-order valence-corrected chi connectivity index (χ0v) is 15.0. The monoisotopic (exact) mass is 377 g/mol. The van der Waals surface area contributed by atoms with Gasteiger partial charge in [-0.3, -0.25) is 9.59 Å². The molecule has 1 aliphatic rings. The summed E-state index contributed by atoms with van der Waals surface area (Å²) in [6, 6.07) is 2.75. The van der Waals surface area contributed by atoms with Gasteiger partial charge in [0.25, 0.3) is 0 Å². The van der Waals surface area contributed by atoms with Gasteiger partial charge in [-0.15, -0.1) is 0 Å². The van der Waals surface area contributed by atoms with E-state index in [9.17, 15) is 18.4 Å². The number of likely N-dealkylation sites (N-methyl/N-ethyl adjacent to an activating group) is 1. The number of carbonyl (C=O) groups excluding carboxylic acids is 2. The van der Waals surface area contributed by atoms with E-state index in [1.807, 2.05) is 0 Å². The molecule has 144 valence electrons. The molecule has 2 amide bonds. The largest absolute Gasteiger partial charge is 0.441 e. The number of carbonyl (C=O) groups is 2. The average Bonchev–Trinajstić information content (AvgIpc) is 3.14. The summed E-state index contributed by atoms with van der Waals surface area (Å²) in [6.45, 7) is 0.550. The Bertz CT molecular complexity index is 837. The van der Waals surface area contributed by atoms with Crippen molar-refractivity contribution in [3.05, 3.63) is 41.9 Å². The lowest BCUT2D eigenvalue weighted by Gasteiger charge is -2.34. The molecule has 0 saturated carbocycles. The van der Waals surface area contributed by atoms with Crippen LogP contribution in [0.5, 0.6) is 0 Å². The van der Waals surface area contributed by atoms with Gasteiger partial charge < -0.3 is 14.6 Å². The van der Waals surface area contributed by atoms with E-state index in [1.165, 1.54) is 12.3 Å². The van der Waals surface area contributed by atoms with E-state index >= 15 is 0 Å². The van der Waals surface area contributed by atoms with Gasteiger partial charge >= 0.3 is 0 Å². The zero-order chi connectivity index (χ0) is 19.4. The van der Waals surface area contributed by atoms with Crippen LogP contribution in [0.3, 0.4) is 0 Å². The van der Waals surface area contributed by atoms with E-state index in [0.29, 0.717) is 13.0 Å². The van der Waals surface area contributed by atoms with Crippen LogP contribution in [0.4, 0.5) is 8.78 Å². The predicted molar refractivity (Wildman–Crippen MR) is 93.6 cm³/mol. The first-order valence-electron chi connectivity index (χ1n) is 8.91. The highest BCUT2D eigenvalue weighted by molar-refractivity contribution is 5.87. The van der Waals surface area contributed by atoms with E-state index in [1.54, 1.807) is 11.9 Å². The number of amides is 2. The quantitative estimate of drug-likeness (QED) is 0.869. The standard InChI is InChI=1S/C19H21F2N3O3/c1-22-19(26)15-4-2-3-9-24(15)18(25)8-7-17-23-11-16(27-17)13-6-5-12(20)10-14(13)21/h5-6,10-11,15H,2-4,7-9H2,1H3,(H,22,26)/t15-/m0/s1. The molecule has 1 saturated heterocycles. The molecule has 2 heterocycles. The SMILES string of the molecule is CNC(=O)[C@@H]1CCCCN1C(=O)CCc1ncc(-c2ccc(F)cc2F)o1. The molecule has 1 aromatic heterocycles. The van der Waals surface area contributed by atoms with Crippen LogP contribution in [-0.4, -0.2) is 41.3 Å². The molecule has 6 nitrogen and oxygen atoms in total. The molecule has 0 bridgehead atoms. The normalized spacial score (nSPS) is 17.0. The number of halogens is 2. The lowest BCUT2D eigenvalue weighted by Crippen LogP contribution is -2.51. The third-order valence-electron chi connectivity index (χ3n) is 4.68. The molecule has 8 heteroatoms. The van der Waals surface area contributed by atoms with Crippen molar-refractivity contribution >= 4 is 11.8 Å². The number of hydrogen-bond donors (Lipinski definition) is 1. The number of piperidine rings is 1. The summed E-state index contributed by atoms with van der Waals surface area (Å²) in [5.41, 5.74) is 0.109. The van der Waals surface area contributed by atoms with Gasteiger partial charge in [-0.05, 0) is 31.4 Å². The van der Waals surface area contributed by atoms with Gasteiger partial charge in [0.1, 0.15) is 17.7 Å². The Balaban J connectivity index is 1.64. The number of aryl methyl sites for hydroxylation is 1. The molecule has 2 aromatic rings. The number of aromatic nitrogens is 1. The number of rotatable bonds is 5. The summed E-state index contributed by atoms with van der Waals surface area (Å²) in [6.07, 6.45) is 4.15. The number of oxazole rings is 1. The Morgan fingerprint density at radius 2 is 2.15 bits per heavy atom. The first kappa shape index (κ1) is 19.0. The van der Waals surface area contributed by atoms with E-state index in [2.05, 4.69) is 10.3 Å². The summed E-state index contributed by atoms with van der Waals surface area (Å²) < 4.78 is 32.3. The summed E-state index contributed by atoms with van der Waals surface area (Å²) in [5.74, 6) is -1.25. The van der Waals surface area contributed by atoms with Gasteiger partial charge in [0.15, 0.2) is 11.7 Å². The number of nitrogens with zero attached hydrogens (tertiary/aromatic N) is 2. The first-order valence-corrected chi connectivity index (χ1v) is 8.91. The first-order chi connectivity index (χ1) is 13.0. The Morgan fingerprint density at radius 3 is 2.89 bits per heavy atom. The molecular formula is C19H21F2N3O3. The Hall–Kier alpha value is -2.77. The van der Waals surface area contributed by atoms with Gasteiger partial charge in [-0.2, -0.15) is 0 Å². The smallest absolute Gasteiger partial charge is 0.242 e. The molecule has 1 atom stereocenters. The Labute approximate surface area is 155 Å². The van der Waals surface area contributed by atoms with Crippen molar-refractivity contribution in [2.45, 2.75) is 38.1 Å². The summed E-state index contributed by atoms with van der Waals surface area (Å²) in [7, 11) is 1.56. The minimum Gasteiger partial charge on any atom is -0.441 e. The van der Waals surface area contributed by atoms with Crippen molar-refractivity contribution in [3.8, 4) is 11.3 Å².